The van der Waals surface area contributed by atoms with E-state index in [1.807, 2.05) is 34.9 Å². The lowest BCUT2D eigenvalue weighted by molar-refractivity contribution is 0.0321. The van der Waals surface area contributed by atoms with Gasteiger partial charge in [-0.2, -0.15) is 0 Å². The molecule has 0 atom stereocenters. The number of thioether (sulfide) groups is 1. The molecule has 2 aromatic heterocycles. The molecule has 1 saturated heterocycles. The molecule has 8 heteroatoms. The summed E-state index contributed by atoms with van der Waals surface area (Å²) >= 11 is 1.70. The van der Waals surface area contributed by atoms with E-state index in [1.54, 1.807) is 25.1 Å². The van der Waals surface area contributed by atoms with E-state index in [1.165, 1.54) is 0 Å². The number of nitrogens with zero attached hydrogens (tertiary/aromatic N) is 4. The zero-order chi connectivity index (χ0) is 20.1. The van der Waals surface area contributed by atoms with Crippen molar-refractivity contribution >= 4 is 17.4 Å². The van der Waals surface area contributed by atoms with Gasteiger partial charge in [-0.3, -0.25) is 9.30 Å². The fourth-order valence-electron chi connectivity index (χ4n) is 3.33. The van der Waals surface area contributed by atoms with Crippen LogP contribution in [-0.2, 0) is 4.74 Å². The average molecular weight is 415 g/mol. The molecule has 154 valence electrons. The summed E-state index contributed by atoms with van der Waals surface area (Å²) < 4.78 is 19.0. The number of ether oxygens (including phenoxy) is 3. The minimum absolute atomic E-state index is 0.601. The quantitative estimate of drug-likeness (QED) is 0.414. The predicted octanol–water partition coefficient (Wildman–Crippen LogP) is 3.23. The van der Waals surface area contributed by atoms with Crippen LogP contribution in [-0.4, -0.2) is 71.6 Å². The van der Waals surface area contributed by atoms with Gasteiger partial charge >= 0.3 is 0 Å². The van der Waals surface area contributed by atoms with Gasteiger partial charge in [0.05, 0.1) is 26.0 Å². The summed E-state index contributed by atoms with van der Waals surface area (Å²) in [5, 5.41) is 0.933. The van der Waals surface area contributed by atoms with Gasteiger partial charge in [0.2, 0.25) is 0 Å². The monoisotopic (exact) mass is 414 g/mol. The molecule has 0 aliphatic carbocycles. The first-order valence-corrected chi connectivity index (χ1v) is 10.8. The summed E-state index contributed by atoms with van der Waals surface area (Å²) in [5.74, 6) is 2.40. The molecule has 1 aliphatic rings. The largest absolute Gasteiger partial charge is 0.493 e. The van der Waals surface area contributed by atoms with Crippen LogP contribution in [0.25, 0.3) is 16.9 Å². The summed E-state index contributed by atoms with van der Waals surface area (Å²) in [6.07, 6.45) is 3.74. The highest BCUT2D eigenvalue weighted by Crippen LogP contribution is 2.33. The van der Waals surface area contributed by atoms with Gasteiger partial charge < -0.3 is 14.2 Å². The highest BCUT2D eigenvalue weighted by atomic mass is 32.2. The van der Waals surface area contributed by atoms with E-state index in [2.05, 4.69) is 16.8 Å². The standard InChI is InChI=1S/C21H26N4O3S/c1-3-29-21-23-17(15-20-22-6-7-25(20)21)16-4-5-18(26-2)19(14-16)28-13-10-24-8-11-27-12-9-24/h4-7,14-15H,3,8-13H2,1-2H3. The molecule has 0 amide bonds. The third kappa shape index (κ3) is 4.66. The van der Waals surface area contributed by atoms with Crippen molar-refractivity contribution in [2.45, 2.75) is 12.1 Å². The third-order valence-corrected chi connectivity index (χ3v) is 5.69. The van der Waals surface area contributed by atoms with Crippen LogP contribution >= 0.6 is 11.8 Å². The number of hydrogen-bond acceptors (Lipinski definition) is 7. The van der Waals surface area contributed by atoms with E-state index in [0.717, 1.165) is 72.2 Å². The Bertz CT molecular complexity index is 956. The Morgan fingerprint density at radius 1 is 1.17 bits per heavy atom. The molecular weight excluding hydrogens is 388 g/mol. The molecule has 0 saturated carbocycles. The molecule has 3 aromatic rings. The molecule has 29 heavy (non-hydrogen) atoms. The summed E-state index contributed by atoms with van der Waals surface area (Å²) in [4.78, 5) is 11.6. The van der Waals surface area contributed by atoms with Crippen LogP contribution in [0.5, 0.6) is 11.5 Å². The second kappa shape index (κ2) is 9.47. The maximum absolute atomic E-state index is 6.08. The zero-order valence-electron chi connectivity index (χ0n) is 16.8. The lowest BCUT2D eigenvalue weighted by Gasteiger charge is -2.26. The van der Waals surface area contributed by atoms with E-state index in [0.29, 0.717) is 6.61 Å². The Balaban J connectivity index is 1.56. The lowest BCUT2D eigenvalue weighted by Crippen LogP contribution is -2.38. The average Bonchev–Trinajstić information content (AvgIpc) is 3.24. The summed E-state index contributed by atoms with van der Waals surface area (Å²) in [5.41, 5.74) is 2.74. The van der Waals surface area contributed by atoms with Gasteiger partial charge in [0.25, 0.3) is 0 Å². The fourth-order valence-corrected chi connectivity index (χ4v) is 4.05. The number of aromatic nitrogens is 3. The van der Waals surface area contributed by atoms with E-state index < -0.39 is 0 Å². The van der Waals surface area contributed by atoms with Crippen LogP contribution in [0.2, 0.25) is 0 Å². The molecule has 1 aliphatic heterocycles. The number of methoxy groups -OCH3 is 1. The molecule has 0 unspecified atom stereocenters. The van der Waals surface area contributed by atoms with Gasteiger partial charge in [-0.1, -0.05) is 18.7 Å². The second-order valence-corrected chi connectivity index (χ2v) is 7.91. The van der Waals surface area contributed by atoms with E-state index in [-0.39, 0.29) is 0 Å². The number of morpholine rings is 1. The molecule has 0 radical (unpaired) electrons. The van der Waals surface area contributed by atoms with Crippen molar-refractivity contribution in [3.63, 3.8) is 0 Å². The van der Waals surface area contributed by atoms with Crippen LogP contribution < -0.4 is 9.47 Å². The molecule has 1 fully saturated rings. The molecule has 4 rings (SSSR count). The van der Waals surface area contributed by atoms with Crippen molar-refractivity contribution in [2.24, 2.45) is 0 Å². The van der Waals surface area contributed by atoms with Crippen molar-refractivity contribution in [3.8, 4) is 22.8 Å². The summed E-state index contributed by atoms with van der Waals surface area (Å²) in [6.45, 7) is 7.07. The van der Waals surface area contributed by atoms with Gasteiger partial charge in [-0.05, 0) is 24.0 Å². The van der Waals surface area contributed by atoms with Crippen molar-refractivity contribution < 1.29 is 14.2 Å². The first kappa shape index (κ1) is 20.0. The van der Waals surface area contributed by atoms with Crippen molar-refractivity contribution in [1.29, 1.82) is 0 Å². The Morgan fingerprint density at radius 2 is 2.03 bits per heavy atom. The Hall–Kier alpha value is -2.29. The normalized spacial score (nSPS) is 15.0. The summed E-state index contributed by atoms with van der Waals surface area (Å²) in [6, 6.07) is 7.94. The van der Waals surface area contributed by atoms with Crippen molar-refractivity contribution in [1.82, 2.24) is 19.3 Å². The predicted molar refractivity (Wildman–Crippen MR) is 114 cm³/mol. The Labute approximate surface area is 175 Å². The van der Waals surface area contributed by atoms with E-state index in [9.17, 15) is 0 Å². The Morgan fingerprint density at radius 3 is 2.83 bits per heavy atom. The smallest absolute Gasteiger partial charge is 0.174 e. The van der Waals surface area contributed by atoms with Crippen LogP contribution in [0.3, 0.4) is 0 Å². The minimum Gasteiger partial charge on any atom is -0.493 e. The second-order valence-electron chi connectivity index (χ2n) is 6.68. The van der Waals surface area contributed by atoms with Gasteiger partial charge in [-0.15, -0.1) is 0 Å². The topological polar surface area (TPSA) is 61.1 Å². The van der Waals surface area contributed by atoms with Crippen molar-refractivity contribution in [3.05, 3.63) is 36.7 Å². The fraction of sp³-hybridized carbons (Fsp3) is 0.429. The molecule has 3 heterocycles. The first-order chi connectivity index (χ1) is 14.3. The van der Waals surface area contributed by atoms with Gasteiger partial charge in [-0.25, -0.2) is 9.97 Å². The molecule has 7 nitrogen and oxygen atoms in total. The molecule has 1 aromatic carbocycles. The molecule has 0 N–H and O–H groups in total. The summed E-state index contributed by atoms with van der Waals surface area (Å²) in [7, 11) is 1.66. The molecule has 0 spiro atoms. The van der Waals surface area contributed by atoms with Crippen LogP contribution in [0, 0.1) is 0 Å². The van der Waals surface area contributed by atoms with Crippen LogP contribution in [0.1, 0.15) is 6.92 Å². The number of fused-ring (bicyclic) bond motifs is 1. The van der Waals surface area contributed by atoms with E-state index in [4.69, 9.17) is 19.2 Å². The highest BCUT2D eigenvalue weighted by molar-refractivity contribution is 7.99. The molecular formula is C21H26N4O3S. The minimum atomic E-state index is 0.601. The Kier molecular flexibility index (Phi) is 6.53. The number of hydrogen-bond donors (Lipinski definition) is 0. The van der Waals surface area contributed by atoms with Crippen LogP contribution in [0.4, 0.5) is 0 Å². The maximum Gasteiger partial charge on any atom is 0.174 e. The van der Waals surface area contributed by atoms with E-state index >= 15 is 0 Å². The van der Waals surface area contributed by atoms with Gasteiger partial charge in [0.1, 0.15) is 12.3 Å². The lowest BCUT2D eigenvalue weighted by atomic mass is 10.1. The first-order valence-electron chi connectivity index (χ1n) is 9.86. The van der Waals surface area contributed by atoms with Crippen molar-refractivity contribution in [2.75, 3.05) is 52.3 Å². The van der Waals surface area contributed by atoms with Gasteiger partial charge in [0, 0.05) is 43.7 Å². The number of benzene rings is 1. The molecule has 0 bridgehead atoms. The SMILES string of the molecule is CCSc1nc(-c2ccc(OC)c(OCCN3CCOCC3)c2)cc2nccn12. The zero-order valence-corrected chi connectivity index (χ0v) is 17.7. The number of rotatable bonds is 8. The number of imidazole rings is 1. The van der Waals surface area contributed by atoms with Crippen LogP contribution in [0.15, 0.2) is 41.8 Å². The maximum atomic E-state index is 6.08. The third-order valence-electron chi connectivity index (χ3n) is 4.86. The highest BCUT2D eigenvalue weighted by Gasteiger charge is 2.14. The van der Waals surface area contributed by atoms with Gasteiger partial charge in [0.15, 0.2) is 16.7 Å².